The molecule has 1 aromatic heterocycles. The zero-order valence-corrected chi connectivity index (χ0v) is 14.8. The van der Waals surface area contributed by atoms with Crippen molar-refractivity contribution in [3.8, 4) is 0 Å². The van der Waals surface area contributed by atoms with E-state index in [1.807, 2.05) is 18.7 Å². The molecule has 0 N–H and O–H groups in total. The van der Waals surface area contributed by atoms with Crippen LogP contribution in [0.25, 0.3) is 0 Å². The second kappa shape index (κ2) is 6.96. The fourth-order valence-corrected chi connectivity index (χ4v) is 4.37. The van der Waals surface area contributed by atoms with Crippen LogP contribution in [0.3, 0.4) is 0 Å². The molecule has 0 aromatic carbocycles. The van der Waals surface area contributed by atoms with Gasteiger partial charge in [-0.15, -0.1) is 0 Å². The second-order valence-corrected chi connectivity index (χ2v) is 7.19. The SMILES string of the molecule is CCc1c(C)nc2n(c1=O)CC(C(=O)N1CCN(C=O)CC1)CS2. The summed E-state index contributed by atoms with van der Waals surface area (Å²) in [6.45, 7) is 6.49. The van der Waals surface area contributed by atoms with E-state index in [4.69, 9.17) is 0 Å². The zero-order valence-electron chi connectivity index (χ0n) is 14.0. The molecule has 0 saturated carbocycles. The minimum Gasteiger partial charge on any atom is -0.342 e. The first kappa shape index (κ1) is 17.0. The first-order valence-electron chi connectivity index (χ1n) is 8.26. The number of carbonyl (C=O) groups excluding carboxylic acids is 2. The van der Waals surface area contributed by atoms with Crippen LogP contribution in [0.2, 0.25) is 0 Å². The van der Waals surface area contributed by atoms with Gasteiger partial charge >= 0.3 is 0 Å². The molecule has 7 nitrogen and oxygen atoms in total. The van der Waals surface area contributed by atoms with Crippen LogP contribution in [0.15, 0.2) is 9.95 Å². The highest BCUT2D eigenvalue weighted by Gasteiger charge is 2.32. The van der Waals surface area contributed by atoms with Gasteiger partial charge in [0, 0.05) is 49.7 Å². The van der Waals surface area contributed by atoms with E-state index < -0.39 is 0 Å². The van der Waals surface area contributed by atoms with Gasteiger partial charge in [-0.05, 0) is 13.3 Å². The molecule has 130 valence electrons. The molecule has 8 heteroatoms. The molecular weight excluding hydrogens is 328 g/mol. The fraction of sp³-hybridized carbons (Fsp3) is 0.625. The Morgan fingerprint density at radius 2 is 2.04 bits per heavy atom. The number of aromatic nitrogens is 2. The lowest BCUT2D eigenvalue weighted by Crippen LogP contribution is -2.51. The molecule has 24 heavy (non-hydrogen) atoms. The number of fused-ring (bicyclic) bond motifs is 1. The molecule has 2 aliphatic rings. The Balaban J connectivity index is 1.76. The Bertz CT molecular complexity index is 710. The number of amides is 2. The van der Waals surface area contributed by atoms with Gasteiger partial charge in [0.05, 0.1) is 5.92 Å². The Morgan fingerprint density at radius 1 is 1.33 bits per heavy atom. The predicted molar refractivity (Wildman–Crippen MR) is 91.0 cm³/mol. The summed E-state index contributed by atoms with van der Waals surface area (Å²) >= 11 is 1.48. The maximum atomic E-state index is 12.8. The molecule has 1 atom stereocenters. The van der Waals surface area contributed by atoms with E-state index in [-0.39, 0.29) is 17.4 Å². The molecule has 2 amide bonds. The normalized spacial score (nSPS) is 20.7. The topological polar surface area (TPSA) is 75.5 Å². The lowest BCUT2D eigenvalue weighted by atomic mass is 10.1. The molecule has 0 aliphatic carbocycles. The number of piperazine rings is 1. The molecule has 0 spiro atoms. The number of rotatable bonds is 3. The summed E-state index contributed by atoms with van der Waals surface area (Å²) in [5, 5.41) is 0.713. The zero-order chi connectivity index (χ0) is 17.3. The highest BCUT2D eigenvalue weighted by Crippen LogP contribution is 2.27. The van der Waals surface area contributed by atoms with E-state index in [0.29, 0.717) is 50.1 Å². The number of aryl methyl sites for hydroxylation is 1. The summed E-state index contributed by atoms with van der Waals surface area (Å²) in [7, 11) is 0. The molecule has 1 aromatic rings. The van der Waals surface area contributed by atoms with Gasteiger partial charge in [-0.25, -0.2) is 4.98 Å². The average Bonchev–Trinajstić information content (AvgIpc) is 2.61. The van der Waals surface area contributed by atoms with Gasteiger partial charge in [-0.1, -0.05) is 18.7 Å². The first-order valence-corrected chi connectivity index (χ1v) is 9.25. The molecule has 0 bridgehead atoms. The minimum atomic E-state index is -0.211. The van der Waals surface area contributed by atoms with E-state index in [0.717, 1.165) is 17.7 Å². The number of thioether (sulfide) groups is 1. The quantitative estimate of drug-likeness (QED) is 0.572. The molecule has 1 saturated heterocycles. The van der Waals surface area contributed by atoms with Gasteiger partial charge in [0.1, 0.15) is 0 Å². The van der Waals surface area contributed by atoms with Crippen molar-refractivity contribution in [3.63, 3.8) is 0 Å². The van der Waals surface area contributed by atoms with Gasteiger partial charge < -0.3 is 9.80 Å². The monoisotopic (exact) mass is 350 g/mol. The third-order valence-corrected chi connectivity index (χ3v) is 5.87. The van der Waals surface area contributed by atoms with E-state index in [1.54, 1.807) is 9.47 Å². The summed E-state index contributed by atoms with van der Waals surface area (Å²) in [6.07, 6.45) is 1.48. The van der Waals surface area contributed by atoms with Crippen LogP contribution >= 0.6 is 11.8 Å². The van der Waals surface area contributed by atoms with E-state index in [2.05, 4.69) is 4.98 Å². The summed E-state index contributed by atoms with van der Waals surface area (Å²) in [5.41, 5.74) is 1.50. The number of hydrogen-bond acceptors (Lipinski definition) is 5. The number of carbonyl (C=O) groups is 2. The van der Waals surface area contributed by atoms with Crippen LogP contribution < -0.4 is 5.56 Å². The summed E-state index contributed by atoms with van der Waals surface area (Å²) in [6, 6.07) is 0. The third kappa shape index (κ3) is 3.07. The number of hydrogen-bond donors (Lipinski definition) is 0. The molecule has 3 rings (SSSR count). The molecular formula is C16H22N4O3S. The van der Waals surface area contributed by atoms with Crippen LogP contribution in [0.5, 0.6) is 0 Å². The lowest BCUT2D eigenvalue weighted by molar-refractivity contribution is -0.138. The Kier molecular flexibility index (Phi) is 4.93. The van der Waals surface area contributed by atoms with Crippen molar-refractivity contribution >= 4 is 24.1 Å². The van der Waals surface area contributed by atoms with Crippen molar-refractivity contribution in [3.05, 3.63) is 21.6 Å². The van der Waals surface area contributed by atoms with E-state index in [9.17, 15) is 14.4 Å². The second-order valence-electron chi connectivity index (χ2n) is 6.20. The maximum Gasteiger partial charge on any atom is 0.257 e. The molecule has 1 fully saturated rings. The maximum absolute atomic E-state index is 12.8. The predicted octanol–water partition coefficient (Wildman–Crippen LogP) is 0.137. The largest absolute Gasteiger partial charge is 0.342 e. The Hall–Kier alpha value is -1.83. The van der Waals surface area contributed by atoms with Crippen LogP contribution in [0.1, 0.15) is 18.2 Å². The van der Waals surface area contributed by atoms with Crippen molar-refractivity contribution in [2.24, 2.45) is 5.92 Å². The summed E-state index contributed by atoms with van der Waals surface area (Å²) in [4.78, 5) is 44.2. The van der Waals surface area contributed by atoms with Gasteiger partial charge in [0.2, 0.25) is 12.3 Å². The average molecular weight is 350 g/mol. The van der Waals surface area contributed by atoms with Crippen LogP contribution in [-0.4, -0.2) is 63.6 Å². The van der Waals surface area contributed by atoms with Crippen LogP contribution in [0.4, 0.5) is 0 Å². The summed E-state index contributed by atoms with van der Waals surface area (Å²) < 4.78 is 1.66. The van der Waals surface area contributed by atoms with Crippen molar-refractivity contribution in [2.45, 2.75) is 32.0 Å². The van der Waals surface area contributed by atoms with Crippen molar-refractivity contribution in [1.29, 1.82) is 0 Å². The highest BCUT2D eigenvalue weighted by molar-refractivity contribution is 7.99. The van der Waals surface area contributed by atoms with Crippen LogP contribution in [0, 0.1) is 12.8 Å². The van der Waals surface area contributed by atoms with Gasteiger partial charge in [-0.3, -0.25) is 19.0 Å². The Morgan fingerprint density at radius 3 is 2.67 bits per heavy atom. The first-order chi connectivity index (χ1) is 11.5. The van der Waals surface area contributed by atoms with Crippen molar-refractivity contribution in [1.82, 2.24) is 19.4 Å². The van der Waals surface area contributed by atoms with E-state index >= 15 is 0 Å². The van der Waals surface area contributed by atoms with E-state index in [1.165, 1.54) is 11.8 Å². The molecule has 0 radical (unpaired) electrons. The van der Waals surface area contributed by atoms with Gasteiger partial charge in [-0.2, -0.15) is 0 Å². The highest BCUT2D eigenvalue weighted by atomic mass is 32.2. The number of nitrogens with zero attached hydrogens (tertiary/aromatic N) is 4. The molecule has 1 unspecified atom stereocenters. The molecule has 3 heterocycles. The third-order valence-electron chi connectivity index (χ3n) is 4.73. The lowest BCUT2D eigenvalue weighted by Gasteiger charge is -2.35. The smallest absolute Gasteiger partial charge is 0.257 e. The Labute approximate surface area is 145 Å². The van der Waals surface area contributed by atoms with Crippen LogP contribution in [-0.2, 0) is 22.6 Å². The summed E-state index contributed by atoms with van der Waals surface area (Å²) in [5.74, 6) is 0.505. The fourth-order valence-electron chi connectivity index (χ4n) is 3.26. The van der Waals surface area contributed by atoms with Crippen molar-refractivity contribution in [2.75, 3.05) is 31.9 Å². The van der Waals surface area contributed by atoms with Gasteiger partial charge in [0.25, 0.3) is 5.56 Å². The molecule has 2 aliphatic heterocycles. The standard InChI is InChI=1S/C16H22N4O3S/c1-3-13-11(2)17-16-20(15(13)23)8-12(9-24-16)14(22)19-6-4-18(10-21)5-7-19/h10,12H,3-9H2,1-2H3. The van der Waals surface area contributed by atoms with Crippen molar-refractivity contribution < 1.29 is 9.59 Å². The minimum absolute atomic E-state index is 0.0178. The van der Waals surface area contributed by atoms with Gasteiger partial charge in [0.15, 0.2) is 5.16 Å².